The van der Waals surface area contributed by atoms with Gasteiger partial charge in [0.15, 0.2) is 0 Å². The van der Waals surface area contributed by atoms with E-state index in [1.807, 2.05) is 6.07 Å². The molecule has 0 spiro atoms. The van der Waals surface area contributed by atoms with Gasteiger partial charge in [0.05, 0.1) is 14.2 Å². The quantitative estimate of drug-likeness (QED) is 0.867. The van der Waals surface area contributed by atoms with Gasteiger partial charge in [-0.2, -0.15) is 0 Å². The van der Waals surface area contributed by atoms with Crippen LogP contribution in [0.3, 0.4) is 0 Å². The fourth-order valence-electron chi connectivity index (χ4n) is 2.61. The van der Waals surface area contributed by atoms with Crippen LogP contribution in [-0.4, -0.2) is 39.9 Å². The van der Waals surface area contributed by atoms with Crippen molar-refractivity contribution in [3.8, 4) is 11.5 Å². The Morgan fingerprint density at radius 3 is 2.40 bits per heavy atom. The summed E-state index contributed by atoms with van der Waals surface area (Å²) in [5.74, 6) is 2.42. The summed E-state index contributed by atoms with van der Waals surface area (Å²) >= 11 is 0. The number of anilines is 1. The molecule has 1 aromatic carbocycles. The van der Waals surface area contributed by atoms with Crippen molar-refractivity contribution in [2.75, 3.05) is 38.8 Å². The summed E-state index contributed by atoms with van der Waals surface area (Å²) in [5, 5.41) is 3.53. The van der Waals surface area contributed by atoms with Gasteiger partial charge in [0.25, 0.3) is 0 Å². The maximum Gasteiger partial charge on any atom is 0.124 e. The van der Waals surface area contributed by atoms with Crippen LogP contribution in [0, 0.1) is 5.92 Å². The number of rotatable bonds is 6. The smallest absolute Gasteiger partial charge is 0.124 e. The van der Waals surface area contributed by atoms with E-state index in [0.717, 1.165) is 37.1 Å². The highest BCUT2D eigenvalue weighted by Crippen LogP contribution is 2.31. The van der Waals surface area contributed by atoms with E-state index in [0.29, 0.717) is 6.04 Å². The van der Waals surface area contributed by atoms with Crippen LogP contribution in [-0.2, 0) is 0 Å². The standard InChI is InChI=1S/C16H26N2O2/c1-12(2)17-10-13-5-6-18(11-13)14-7-15(19-3)9-16(8-14)20-4/h7-9,12-13,17H,5-6,10-11H2,1-4H3. The van der Waals surface area contributed by atoms with Crippen molar-refractivity contribution in [1.29, 1.82) is 0 Å². The molecule has 2 rings (SSSR count). The summed E-state index contributed by atoms with van der Waals surface area (Å²) in [6.45, 7) is 7.67. The van der Waals surface area contributed by atoms with Crippen molar-refractivity contribution in [2.24, 2.45) is 5.92 Å². The molecule has 112 valence electrons. The Kier molecular flexibility index (Phi) is 5.12. The molecule has 1 unspecified atom stereocenters. The van der Waals surface area contributed by atoms with Crippen LogP contribution in [0.15, 0.2) is 18.2 Å². The molecule has 1 atom stereocenters. The highest BCUT2D eigenvalue weighted by atomic mass is 16.5. The topological polar surface area (TPSA) is 33.7 Å². The van der Waals surface area contributed by atoms with Crippen LogP contribution in [0.4, 0.5) is 5.69 Å². The van der Waals surface area contributed by atoms with E-state index in [4.69, 9.17) is 9.47 Å². The lowest BCUT2D eigenvalue weighted by Gasteiger charge is -2.21. The maximum absolute atomic E-state index is 5.34. The minimum Gasteiger partial charge on any atom is -0.497 e. The van der Waals surface area contributed by atoms with Crippen LogP contribution >= 0.6 is 0 Å². The zero-order valence-electron chi connectivity index (χ0n) is 13.0. The number of ether oxygens (including phenoxy) is 2. The summed E-state index contributed by atoms with van der Waals surface area (Å²) in [4.78, 5) is 2.41. The second kappa shape index (κ2) is 6.84. The SMILES string of the molecule is COc1cc(OC)cc(N2CCC(CNC(C)C)C2)c1. The molecule has 1 aromatic rings. The zero-order valence-corrected chi connectivity index (χ0v) is 13.0. The molecule has 0 saturated carbocycles. The molecule has 4 heteroatoms. The van der Waals surface area contributed by atoms with Gasteiger partial charge < -0.3 is 19.7 Å². The van der Waals surface area contributed by atoms with Gasteiger partial charge in [-0.15, -0.1) is 0 Å². The molecule has 0 aliphatic carbocycles. The zero-order chi connectivity index (χ0) is 14.5. The van der Waals surface area contributed by atoms with Crippen LogP contribution in [0.5, 0.6) is 11.5 Å². The van der Waals surface area contributed by atoms with Crippen molar-refractivity contribution < 1.29 is 9.47 Å². The van der Waals surface area contributed by atoms with E-state index < -0.39 is 0 Å². The number of hydrogen-bond acceptors (Lipinski definition) is 4. The van der Waals surface area contributed by atoms with Gasteiger partial charge in [0, 0.05) is 43.0 Å². The third kappa shape index (κ3) is 3.79. The van der Waals surface area contributed by atoms with E-state index in [1.165, 1.54) is 12.1 Å². The molecule has 0 aromatic heterocycles. The maximum atomic E-state index is 5.34. The normalized spacial score (nSPS) is 18.6. The van der Waals surface area contributed by atoms with E-state index in [-0.39, 0.29) is 0 Å². The summed E-state index contributed by atoms with van der Waals surface area (Å²) in [6, 6.07) is 6.64. The van der Waals surface area contributed by atoms with Crippen LogP contribution in [0.25, 0.3) is 0 Å². The van der Waals surface area contributed by atoms with Gasteiger partial charge in [0.2, 0.25) is 0 Å². The number of methoxy groups -OCH3 is 2. The lowest BCUT2D eigenvalue weighted by molar-refractivity contribution is 0.394. The van der Waals surface area contributed by atoms with Gasteiger partial charge in [-0.1, -0.05) is 13.8 Å². The molecule has 1 heterocycles. The van der Waals surface area contributed by atoms with Crippen LogP contribution in [0.2, 0.25) is 0 Å². The van der Waals surface area contributed by atoms with Crippen molar-refractivity contribution in [1.82, 2.24) is 5.32 Å². The molecule has 0 radical (unpaired) electrons. The second-order valence-electron chi connectivity index (χ2n) is 5.73. The van der Waals surface area contributed by atoms with E-state index >= 15 is 0 Å². The first kappa shape index (κ1) is 15.0. The number of hydrogen-bond donors (Lipinski definition) is 1. The van der Waals surface area contributed by atoms with E-state index in [1.54, 1.807) is 14.2 Å². The number of nitrogens with zero attached hydrogens (tertiary/aromatic N) is 1. The summed E-state index contributed by atoms with van der Waals surface area (Å²) in [7, 11) is 3.38. The molecule has 20 heavy (non-hydrogen) atoms. The van der Waals surface area contributed by atoms with Crippen LogP contribution in [0.1, 0.15) is 20.3 Å². The Balaban J connectivity index is 2.02. The predicted octanol–water partition coefficient (Wildman–Crippen LogP) is 2.53. The minimum absolute atomic E-state index is 0.556. The number of benzene rings is 1. The van der Waals surface area contributed by atoms with Gasteiger partial charge in [0.1, 0.15) is 11.5 Å². The summed E-state index contributed by atoms with van der Waals surface area (Å²) in [6.07, 6.45) is 1.24. The predicted molar refractivity (Wildman–Crippen MR) is 83.0 cm³/mol. The Morgan fingerprint density at radius 2 is 1.85 bits per heavy atom. The summed E-state index contributed by atoms with van der Waals surface area (Å²) in [5.41, 5.74) is 1.19. The molecule has 1 aliphatic rings. The highest BCUT2D eigenvalue weighted by Gasteiger charge is 2.23. The molecule has 1 N–H and O–H groups in total. The molecular weight excluding hydrogens is 252 g/mol. The largest absolute Gasteiger partial charge is 0.497 e. The number of nitrogens with one attached hydrogen (secondary N) is 1. The Bertz CT molecular complexity index is 412. The molecule has 1 aliphatic heterocycles. The Labute approximate surface area is 122 Å². The fraction of sp³-hybridized carbons (Fsp3) is 0.625. The lowest BCUT2D eigenvalue weighted by Crippen LogP contribution is -2.30. The highest BCUT2D eigenvalue weighted by molar-refractivity contribution is 5.56. The second-order valence-corrected chi connectivity index (χ2v) is 5.73. The first-order chi connectivity index (χ1) is 9.62. The van der Waals surface area contributed by atoms with Gasteiger partial charge in [-0.25, -0.2) is 0 Å². The average Bonchev–Trinajstić information content (AvgIpc) is 2.93. The molecule has 1 fully saturated rings. The molecule has 1 saturated heterocycles. The van der Waals surface area contributed by atoms with Crippen molar-refractivity contribution in [3.63, 3.8) is 0 Å². The third-order valence-electron chi connectivity index (χ3n) is 3.80. The lowest BCUT2D eigenvalue weighted by atomic mass is 10.1. The monoisotopic (exact) mass is 278 g/mol. The fourth-order valence-corrected chi connectivity index (χ4v) is 2.61. The third-order valence-corrected chi connectivity index (χ3v) is 3.80. The Morgan fingerprint density at radius 1 is 1.20 bits per heavy atom. The van der Waals surface area contributed by atoms with Crippen LogP contribution < -0.4 is 19.7 Å². The van der Waals surface area contributed by atoms with Crippen molar-refractivity contribution >= 4 is 5.69 Å². The minimum atomic E-state index is 0.556. The average molecular weight is 278 g/mol. The first-order valence-corrected chi connectivity index (χ1v) is 7.33. The van der Waals surface area contributed by atoms with E-state index in [2.05, 4.69) is 36.2 Å². The van der Waals surface area contributed by atoms with Gasteiger partial charge >= 0.3 is 0 Å². The molecule has 0 bridgehead atoms. The molecule has 0 amide bonds. The van der Waals surface area contributed by atoms with Gasteiger partial charge in [-0.05, 0) is 18.9 Å². The first-order valence-electron chi connectivity index (χ1n) is 7.33. The summed E-state index contributed by atoms with van der Waals surface area (Å²) < 4.78 is 10.7. The Hall–Kier alpha value is -1.42. The van der Waals surface area contributed by atoms with Crippen molar-refractivity contribution in [3.05, 3.63) is 18.2 Å². The van der Waals surface area contributed by atoms with Crippen molar-refractivity contribution in [2.45, 2.75) is 26.3 Å². The molecule has 4 nitrogen and oxygen atoms in total. The molecular formula is C16H26N2O2. The van der Waals surface area contributed by atoms with E-state index in [9.17, 15) is 0 Å². The van der Waals surface area contributed by atoms with Gasteiger partial charge in [-0.3, -0.25) is 0 Å².